The molecule has 132 valence electrons. The highest BCUT2D eigenvalue weighted by Crippen LogP contribution is 2.35. The van der Waals surface area contributed by atoms with E-state index in [0.29, 0.717) is 18.5 Å². The summed E-state index contributed by atoms with van der Waals surface area (Å²) < 4.78 is 43.8. The molecule has 2 N–H and O–H groups in total. The van der Waals surface area contributed by atoms with E-state index in [9.17, 15) is 18.0 Å². The Labute approximate surface area is 142 Å². The second-order valence-electron chi connectivity index (χ2n) is 5.62. The second kappa shape index (κ2) is 6.72. The van der Waals surface area contributed by atoms with Gasteiger partial charge in [-0.15, -0.1) is 0 Å². The zero-order chi connectivity index (χ0) is 18.0. The number of fused-ring (bicyclic) bond motifs is 1. The third kappa shape index (κ3) is 3.58. The summed E-state index contributed by atoms with van der Waals surface area (Å²) in [5.74, 6) is -0.357. The third-order valence-electron chi connectivity index (χ3n) is 4.03. The summed E-state index contributed by atoms with van der Waals surface area (Å²) in [6.45, 7) is 1.33. The second-order valence-corrected chi connectivity index (χ2v) is 5.62. The summed E-state index contributed by atoms with van der Waals surface area (Å²) in [7, 11) is 1.33. The molecule has 2 aromatic rings. The number of aromatic nitrogens is 1. The van der Waals surface area contributed by atoms with Crippen molar-refractivity contribution in [1.29, 1.82) is 0 Å². The average molecular weight is 351 g/mol. The van der Waals surface area contributed by atoms with Crippen LogP contribution in [-0.2, 0) is 19.1 Å². The van der Waals surface area contributed by atoms with Gasteiger partial charge in [-0.25, -0.2) is 0 Å². The predicted octanol–water partition coefficient (Wildman–Crippen LogP) is 3.01. The van der Waals surface area contributed by atoms with E-state index in [2.05, 4.69) is 15.6 Å². The molecule has 0 unspecified atom stereocenters. The van der Waals surface area contributed by atoms with E-state index in [1.807, 2.05) is 0 Å². The van der Waals surface area contributed by atoms with Crippen molar-refractivity contribution in [2.75, 3.05) is 19.0 Å². The molecular weight excluding hydrogens is 335 g/mol. The van der Waals surface area contributed by atoms with Crippen LogP contribution >= 0.6 is 0 Å². The number of nitrogens with one attached hydrogen (secondary N) is 2. The summed E-state index contributed by atoms with van der Waals surface area (Å²) in [6, 6.07) is 2.95. The summed E-state index contributed by atoms with van der Waals surface area (Å²) in [5, 5.41) is 5.70. The Bertz CT molecular complexity index is 806. The molecule has 0 bridgehead atoms. The van der Waals surface area contributed by atoms with Gasteiger partial charge in [-0.2, -0.15) is 13.2 Å². The van der Waals surface area contributed by atoms with Crippen LogP contribution in [0.5, 0.6) is 5.75 Å². The fourth-order valence-electron chi connectivity index (χ4n) is 2.78. The zero-order valence-corrected chi connectivity index (χ0v) is 13.4. The number of nitrogens with zero attached hydrogens (tertiary/aromatic N) is 1. The van der Waals surface area contributed by atoms with Crippen molar-refractivity contribution in [3.8, 4) is 5.75 Å². The molecule has 25 heavy (non-hydrogen) atoms. The number of rotatable bonds is 3. The van der Waals surface area contributed by atoms with Gasteiger partial charge in [0.15, 0.2) is 0 Å². The van der Waals surface area contributed by atoms with Gasteiger partial charge in [-0.3, -0.25) is 9.78 Å². The first-order chi connectivity index (χ1) is 11.9. The van der Waals surface area contributed by atoms with Crippen molar-refractivity contribution in [1.82, 2.24) is 10.3 Å². The molecule has 0 atom stereocenters. The Morgan fingerprint density at radius 3 is 2.84 bits per heavy atom. The van der Waals surface area contributed by atoms with Crippen LogP contribution in [0.15, 0.2) is 30.6 Å². The fraction of sp³-hybridized carbons (Fsp3) is 0.294. The van der Waals surface area contributed by atoms with Gasteiger partial charge in [0.2, 0.25) is 0 Å². The average Bonchev–Trinajstić information content (AvgIpc) is 2.60. The number of amides is 1. The van der Waals surface area contributed by atoms with Crippen molar-refractivity contribution in [2.45, 2.75) is 19.1 Å². The minimum atomic E-state index is -4.51. The van der Waals surface area contributed by atoms with E-state index in [-0.39, 0.29) is 11.4 Å². The van der Waals surface area contributed by atoms with E-state index in [4.69, 9.17) is 4.74 Å². The lowest BCUT2D eigenvalue weighted by molar-refractivity contribution is -0.137. The maximum atomic E-state index is 12.9. The molecule has 0 spiro atoms. The molecule has 1 aromatic carbocycles. The molecule has 1 aromatic heterocycles. The summed E-state index contributed by atoms with van der Waals surface area (Å²) in [5.41, 5.74) is 1.24. The Balaban J connectivity index is 1.93. The molecular formula is C17H16F3N3O2. The minimum absolute atomic E-state index is 0.0335. The Morgan fingerprint density at radius 2 is 2.12 bits per heavy atom. The van der Waals surface area contributed by atoms with E-state index in [0.717, 1.165) is 29.8 Å². The number of halogens is 3. The number of carbonyl (C=O) groups excluding carboxylic acids is 1. The molecule has 0 radical (unpaired) electrons. The predicted molar refractivity (Wildman–Crippen MR) is 85.6 cm³/mol. The number of hydrogen-bond donors (Lipinski definition) is 2. The molecule has 0 saturated carbocycles. The van der Waals surface area contributed by atoms with Crippen molar-refractivity contribution < 1.29 is 22.7 Å². The first kappa shape index (κ1) is 17.2. The topological polar surface area (TPSA) is 63.2 Å². The molecule has 0 fully saturated rings. The summed E-state index contributed by atoms with van der Waals surface area (Å²) >= 11 is 0. The summed E-state index contributed by atoms with van der Waals surface area (Å²) in [4.78, 5) is 16.7. The Morgan fingerprint density at radius 1 is 1.32 bits per heavy atom. The van der Waals surface area contributed by atoms with Crippen LogP contribution in [0, 0.1) is 0 Å². The van der Waals surface area contributed by atoms with E-state index in [1.165, 1.54) is 19.4 Å². The number of methoxy groups -OCH3 is 1. The zero-order valence-electron chi connectivity index (χ0n) is 13.4. The quantitative estimate of drug-likeness (QED) is 0.892. The highest BCUT2D eigenvalue weighted by Gasteiger charge is 2.31. The number of pyridine rings is 1. The van der Waals surface area contributed by atoms with Crippen LogP contribution in [0.2, 0.25) is 0 Å². The molecule has 0 saturated heterocycles. The summed E-state index contributed by atoms with van der Waals surface area (Å²) in [6.07, 6.45) is -0.742. The lowest BCUT2D eigenvalue weighted by Gasteiger charge is -2.20. The molecule has 3 rings (SSSR count). The number of alkyl halides is 3. The smallest absolute Gasteiger partial charge is 0.416 e. The monoisotopic (exact) mass is 351 g/mol. The van der Waals surface area contributed by atoms with Crippen molar-refractivity contribution in [3.63, 3.8) is 0 Å². The van der Waals surface area contributed by atoms with Crippen LogP contribution in [0.3, 0.4) is 0 Å². The normalized spacial score (nSPS) is 13.9. The lowest BCUT2D eigenvalue weighted by atomic mass is 9.98. The van der Waals surface area contributed by atoms with Crippen LogP contribution in [0.4, 0.5) is 18.9 Å². The molecule has 1 aliphatic heterocycles. The third-order valence-corrected chi connectivity index (χ3v) is 4.03. The van der Waals surface area contributed by atoms with Gasteiger partial charge in [-0.05, 0) is 42.3 Å². The maximum Gasteiger partial charge on any atom is 0.416 e. The number of carbonyl (C=O) groups is 1. The molecule has 1 aliphatic rings. The van der Waals surface area contributed by atoms with Crippen molar-refractivity contribution >= 4 is 11.6 Å². The standard InChI is InChI=1S/C17H16F3N3O2/c1-25-15-3-2-11(17(18,19)20)6-14(15)23-16(24)13-9-22-8-10-7-21-5-4-12(10)13/h2-3,6,8-9,21H,4-5,7H2,1H3,(H,23,24). The largest absolute Gasteiger partial charge is 0.495 e. The molecule has 1 amide bonds. The first-order valence-electron chi connectivity index (χ1n) is 7.63. The van der Waals surface area contributed by atoms with Crippen molar-refractivity contribution in [3.05, 3.63) is 52.8 Å². The highest BCUT2D eigenvalue weighted by atomic mass is 19.4. The Kier molecular flexibility index (Phi) is 4.63. The molecule has 0 aliphatic carbocycles. The van der Waals surface area contributed by atoms with E-state index in [1.54, 1.807) is 6.20 Å². The number of ether oxygens (including phenoxy) is 1. The van der Waals surface area contributed by atoms with Crippen LogP contribution in [-0.4, -0.2) is 24.5 Å². The Hall–Kier alpha value is -2.61. The highest BCUT2D eigenvalue weighted by molar-refractivity contribution is 6.06. The van der Waals surface area contributed by atoms with Gasteiger partial charge in [0.05, 0.1) is 23.9 Å². The molecule has 2 heterocycles. The van der Waals surface area contributed by atoms with Gasteiger partial charge >= 0.3 is 6.18 Å². The van der Waals surface area contributed by atoms with Crippen LogP contribution < -0.4 is 15.4 Å². The SMILES string of the molecule is COc1ccc(C(F)(F)F)cc1NC(=O)c1cncc2c1CCNC2. The van der Waals surface area contributed by atoms with Gasteiger partial charge in [0, 0.05) is 18.9 Å². The van der Waals surface area contributed by atoms with E-state index >= 15 is 0 Å². The number of benzene rings is 1. The van der Waals surface area contributed by atoms with E-state index < -0.39 is 17.6 Å². The van der Waals surface area contributed by atoms with Crippen LogP contribution in [0.25, 0.3) is 0 Å². The molecule has 8 heteroatoms. The molecule has 5 nitrogen and oxygen atoms in total. The van der Waals surface area contributed by atoms with Gasteiger partial charge in [-0.1, -0.05) is 0 Å². The first-order valence-corrected chi connectivity index (χ1v) is 7.63. The lowest BCUT2D eigenvalue weighted by Crippen LogP contribution is -2.27. The van der Waals surface area contributed by atoms with Gasteiger partial charge < -0.3 is 15.4 Å². The maximum absolute atomic E-state index is 12.9. The van der Waals surface area contributed by atoms with Gasteiger partial charge in [0.25, 0.3) is 5.91 Å². The number of anilines is 1. The number of hydrogen-bond acceptors (Lipinski definition) is 4. The van der Waals surface area contributed by atoms with Crippen LogP contribution in [0.1, 0.15) is 27.0 Å². The van der Waals surface area contributed by atoms with Gasteiger partial charge in [0.1, 0.15) is 5.75 Å². The fourth-order valence-corrected chi connectivity index (χ4v) is 2.78. The van der Waals surface area contributed by atoms with Crippen molar-refractivity contribution in [2.24, 2.45) is 0 Å². The minimum Gasteiger partial charge on any atom is -0.495 e.